The first-order valence-electron chi connectivity index (χ1n) is 11.5. The zero-order valence-corrected chi connectivity index (χ0v) is 22.4. The number of hydrogen-bond donors (Lipinski definition) is 4. The predicted molar refractivity (Wildman–Crippen MR) is 142 cm³/mol. The van der Waals surface area contributed by atoms with Gasteiger partial charge in [-0.15, -0.1) is 16.4 Å². The Morgan fingerprint density at radius 1 is 1.35 bits per heavy atom. The molecule has 0 aliphatic carbocycles. The molecular weight excluding hydrogens is 568 g/mol. The topological polar surface area (TPSA) is 234 Å². The Labute approximate surface area is 233 Å². The van der Waals surface area contributed by atoms with E-state index >= 15 is 0 Å². The van der Waals surface area contributed by atoms with Crippen LogP contribution in [-0.4, -0.2) is 106 Å². The highest BCUT2D eigenvalue weighted by atomic mass is 32.2. The average Bonchev–Trinajstić information content (AvgIpc) is 3.52. The second kappa shape index (κ2) is 9.92. The lowest BCUT2D eigenvalue weighted by Crippen LogP contribution is -2.71. The molecule has 5 N–H and O–H groups in total. The van der Waals surface area contributed by atoms with Crippen molar-refractivity contribution in [2.45, 2.75) is 30.9 Å². The van der Waals surface area contributed by atoms with Crippen molar-refractivity contribution in [2.24, 2.45) is 20.5 Å². The molecule has 0 bridgehead atoms. The van der Waals surface area contributed by atoms with E-state index < -0.39 is 46.5 Å². The molecule has 4 aliphatic heterocycles. The van der Waals surface area contributed by atoms with Crippen LogP contribution in [-0.2, 0) is 24.0 Å². The van der Waals surface area contributed by atoms with Gasteiger partial charge in [0.15, 0.2) is 5.13 Å². The van der Waals surface area contributed by atoms with Crippen LogP contribution in [0.25, 0.3) is 0 Å². The van der Waals surface area contributed by atoms with E-state index in [-0.39, 0.29) is 33.5 Å². The lowest BCUT2D eigenvalue weighted by molar-refractivity contribution is -0.738. The Balaban J connectivity index is 1.37. The molecule has 208 valence electrons. The van der Waals surface area contributed by atoms with E-state index in [1.165, 1.54) is 31.9 Å². The summed E-state index contributed by atoms with van der Waals surface area (Å²) in [7, 11) is 0. The number of nitrogens with one attached hydrogen (secondary N) is 1. The molecule has 1 aromatic rings. The highest BCUT2D eigenvalue weighted by Gasteiger charge is 2.56. The number of fused-ring (bicyclic) bond motifs is 2. The number of anilines is 1. The predicted octanol–water partition coefficient (Wildman–Crippen LogP) is -0.829. The summed E-state index contributed by atoms with van der Waals surface area (Å²) in [4.78, 5) is 60.2. The summed E-state index contributed by atoms with van der Waals surface area (Å²) in [6.07, 6.45) is 6.44. The summed E-state index contributed by atoms with van der Waals surface area (Å²) in [6.45, 7) is 2.54. The molecule has 5 rings (SSSR count). The number of hydrogen-bond acceptors (Lipinski definition) is 14. The number of nitrogens with two attached hydrogens (primary N) is 1. The van der Waals surface area contributed by atoms with Gasteiger partial charge in [0.1, 0.15) is 23.7 Å². The number of carbonyl (C=O) groups is 4. The molecule has 0 saturated carbocycles. The van der Waals surface area contributed by atoms with Crippen molar-refractivity contribution >= 4 is 76.3 Å². The third kappa shape index (κ3) is 4.62. The molecule has 19 heteroatoms. The fourth-order valence-electron chi connectivity index (χ4n) is 4.03. The Morgan fingerprint density at radius 3 is 2.80 bits per heavy atom. The largest absolute Gasteiger partial charge is 0.478 e. The number of aromatic nitrogens is 2. The van der Waals surface area contributed by atoms with E-state index in [4.69, 9.17) is 10.6 Å². The van der Waals surface area contributed by atoms with E-state index in [0.29, 0.717) is 11.4 Å². The minimum absolute atomic E-state index is 0.0154. The maximum atomic E-state index is 13.2. The third-order valence-electron chi connectivity index (χ3n) is 6.12. The van der Waals surface area contributed by atoms with Gasteiger partial charge >= 0.3 is 11.9 Å². The maximum absolute atomic E-state index is 13.2. The molecule has 5 heterocycles. The summed E-state index contributed by atoms with van der Waals surface area (Å²) in [5.74, 6) is -3.76. The van der Waals surface area contributed by atoms with Crippen molar-refractivity contribution in [2.75, 3.05) is 18.0 Å². The highest BCUT2D eigenvalue weighted by Crippen LogP contribution is 2.41. The van der Waals surface area contributed by atoms with Crippen LogP contribution in [0.3, 0.4) is 0 Å². The maximum Gasteiger partial charge on any atom is 0.352 e. The lowest BCUT2D eigenvalue weighted by Gasteiger charge is -2.49. The summed E-state index contributed by atoms with van der Waals surface area (Å²) >= 11 is 2.03. The summed E-state index contributed by atoms with van der Waals surface area (Å²) in [5, 5.41) is 37.1. The standard InChI is InChI=1S/C21H20N10O7S2/c1-21(2,19(36)37)38-28-11(14-26-20(22)40-29-14)15(32)25-12-16(33)30-13(18(34)35)9(7-39-17(12)30)6-31-8-23-27-10(31)4-3-5-24-31/h3-5,8,12,17H,6-7H2,1-2H3,(H4-,22,25,26,29,32,34,35,36,37)/p+1/b28-11-/t12-,17?,31?/m1/s1. The SMILES string of the molecule is CC(C)(O/N=C(\C(=O)N[C@@H]1C(=O)N2C(C(=O)O)=C(C[N+]34C=NN=C3C=CC=N4)CSC12)c1nsc(N)n1)C(=O)O. The van der Waals surface area contributed by atoms with Crippen LogP contribution in [0.5, 0.6) is 0 Å². The van der Waals surface area contributed by atoms with Crippen molar-refractivity contribution in [3.8, 4) is 0 Å². The van der Waals surface area contributed by atoms with Crippen molar-refractivity contribution < 1.29 is 38.8 Å². The van der Waals surface area contributed by atoms with Gasteiger partial charge in [-0.05, 0) is 19.9 Å². The number of aliphatic carboxylic acids is 2. The third-order valence-corrected chi connectivity index (χ3v) is 8.00. The molecule has 0 spiro atoms. The van der Waals surface area contributed by atoms with Crippen LogP contribution < -0.4 is 11.1 Å². The van der Waals surface area contributed by atoms with Crippen LogP contribution in [0.1, 0.15) is 19.7 Å². The number of nitrogen functional groups attached to an aromatic ring is 1. The van der Waals surface area contributed by atoms with Crippen molar-refractivity contribution in [3.63, 3.8) is 0 Å². The number of amidine groups is 1. The molecule has 2 unspecified atom stereocenters. The van der Waals surface area contributed by atoms with Gasteiger partial charge in [0.05, 0.1) is 6.21 Å². The summed E-state index contributed by atoms with van der Waals surface area (Å²) in [5.41, 5.74) is 3.56. The Bertz CT molecular complexity index is 1510. The fraction of sp³-hybridized carbons (Fsp3) is 0.333. The van der Waals surface area contributed by atoms with Crippen LogP contribution in [0, 0.1) is 0 Å². The number of β-lactam (4-membered cyclic amide) rings is 1. The Morgan fingerprint density at radius 2 is 2.12 bits per heavy atom. The van der Waals surface area contributed by atoms with Gasteiger partial charge < -0.3 is 26.1 Å². The molecule has 17 nitrogen and oxygen atoms in total. The van der Waals surface area contributed by atoms with E-state index in [9.17, 15) is 29.4 Å². The van der Waals surface area contributed by atoms with Gasteiger partial charge in [0, 0.05) is 28.9 Å². The Kier molecular flexibility index (Phi) is 6.72. The first-order valence-corrected chi connectivity index (χ1v) is 13.3. The smallest absolute Gasteiger partial charge is 0.352 e. The first-order chi connectivity index (χ1) is 18.9. The zero-order chi connectivity index (χ0) is 28.8. The fourth-order valence-corrected chi connectivity index (χ4v) is 5.80. The molecule has 40 heavy (non-hydrogen) atoms. The molecule has 3 atom stereocenters. The van der Waals surface area contributed by atoms with Gasteiger partial charge in [0.25, 0.3) is 17.6 Å². The summed E-state index contributed by atoms with van der Waals surface area (Å²) in [6, 6.07) is -1.12. The average molecular weight is 590 g/mol. The molecule has 4 aliphatic rings. The number of allylic oxidation sites excluding steroid dienone is 1. The number of oxime groups is 1. The van der Waals surface area contributed by atoms with E-state index in [0.717, 1.165) is 16.4 Å². The Hall–Kier alpha value is -4.49. The minimum atomic E-state index is -1.79. The zero-order valence-electron chi connectivity index (χ0n) is 20.8. The quantitative estimate of drug-likeness (QED) is 0.120. The monoisotopic (exact) mass is 589 g/mol. The second-order valence-corrected chi connectivity index (χ2v) is 11.1. The van der Waals surface area contributed by atoms with Gasteiger partial charge in [-0.1, -0.05) is 20.5 Å². The molecule has 1 aromatic heterocycles. The van der Waals surface area contributed by atoms with Gasteiger partial charge in [-0.3, -0.25) is 14.5 Å². The molecule has 0 radical (unpaired) electrons. The van der Waals surface area contributed by atoms with Gasteiger partial charge in [-0.25, -0.2) is 9.59 Å². The van der Waals surface area contributed by atoms with Crippen LogP contribution >= 0.6 is 23.3 Å². The number of amides is 2. The van der Waals surface area contributed by atoms with Gasteiger partial charge in [0.2, 0.25) is 23.5 Å². The molecule has 0 aromatic carbocycles. The van der Waals surface area contributed by atoms with E-state index in [2.05, 4.69) is 35.1 Å². The van der Waals surface area contributed by atoms with Gasteiger partial charge in [-0.2, -0.15) is 9.36 Å². The molecule has 1 saturated heterocycles. The summed E-state index contributed by atoms with van der Waals surface area (Å²) < 4.78 is 3.76. The molecular formula is C21H21N10O7S2+. The second-order valence-electron chi connectivity index (χ2n) is 9.22. The van der Waals surface area contributed by atoms with E-state index in [1.54, 1.807) is 18.4 Å². The molecule has 1 fully saturated rings. The van der Waals surface area contributed by atoms with E-state index in [1.807, 2.05) is 0 Å². The van der Waals surface area contributed by atoms with Crippen LogP contribution in [0.15, 0.2) is 43.9 Å². The normalized spacial score (nSPS) is 25.2. The number of nitrogens with zero attached hydrogens (tertiary/aromatic N) is 8. The van der Waals surface area contributed by atoms with Crippen LogP contribution in [0.2, 0.25) is 0 Å². The van der Waals surface area contributed by atoms with Crippen molar-refractivity contribution in [1.82, 2.24) is 19.6 Å². The number of quaternary nitrogens is 1. The number of rotatable bonds is 9. The number of carboxylic acids is 2. The highest BCUT2D eigenvalue weighted by molar-refractivity contribution is 8.00. The minimum Gasteiger partial charge on any atom is -0.478 e. The number of thioether (sulfide) groups is 1. The van der Waals surface area contributed by atoms with Crippen LogP contribution in [0.4, 0.5) is 5.13 Å². The molecule has 2 amide bonds. The van der Waals surface area contributed by atoms with Crippen molar-refractivity contribution in [1.29, 1.82) is 0 Å². The van der Waals surface area contributed by atoms with Crippen molar-refractivity contribution in [3.05, 3.63) is 29.2 Å². The number of carboxylic acid groups (broad SMARTS) is 2. The number of carbonyl (C=O) groups excluding carboxylic acids is 2. The lowest BCUT2D eigenvalue weighted by atomic mass is 10.0. The first kappa shape index (κ1) is 27.1.